The Morgan fingerprint density at radius 2 is 2.04 bits per heavy atom. The van der Waals surface area contributed by atoms with Crippen molar-refractivity contribution in [2.24, 2.45) is 0 Å². The van der Waals surface area contributed by atoms with Gasteiger partial charge < -0.3 is 10.6 Å². The summed E-state index contributed by atoms with van der Waals surface area (Å²) in [6.45, 7) is 1.75. The molecule has 24 heavy (non-hydrogen) atoms. The van der Waals surface area contributed by atoms with Crippen molar-refractivity contribution in [3.05, 3.63) is 34.4 Å². The number of hydrogen-bond acceptors (Lipinski definition) is 5. The maximum atomic E-state index is 12.5. The topological polar surface area (TPSA) is 108 Å². The van der Waals surface area contributed by atoms with Crippen LogP contribution in [0.25, 0.3) is 0 Å². The van der Waals surface area contributed by atoms with Crippen molar-refractivity contribution in [1.82, 2.24) is 15.3 Å². The third-order valence-corrected chi connectivity index (χ3v) is 4.19. The van der Waals surface area contributed by atoms with Crippen molar-refractivity contribution in [2.75, 3.05) is 25.0 Å². The minimum absolute atomic E-state index is 0.0980. The molecule has 0 radical (unpaired) electrons. The number of nitrogens with one attached hydrogen (secondary N) is 2. The second-order valence-electron chi connectivity index (χ2n) is 5.82. The van der Waals surface area contributed by atoms with Gasteiger partial charge in [0.25, 0.3) is 11.6 Å². The molecule has 0 spiro atoms. The average molecular weight is 333 g/mol. The lowest BCUT2D eigenvalue weighted by atomic mass is 10.2. The molecule has 0 aliphatic carbocycles. The van der Waals surface area contributed by atoms with E-state index < -0.39 is 11.0 Å². The van der Waals surface area contributed by atoms with E-state index in [9.17, 15) is 19.7 Å². The lowest BCUT2D eigenvalue weighted by Crippen LogP contribution is -2.52. The quantitative estimate of drug-likeness (QED) is 0.641. The molecular weight excluding hydrogens is 314 g/mol. The number of hydrazine groups is 1. The van der Waals surface area contributed by atoms with Gasteiger partial charge in [0.2, 0.25) is 0 Å². The van der Waals surface area contributed by atoms with E-state index in [-0.39, 0.29) is 17.6 Å². The first-order valence-electron chi connectivity index (χ1n) is 7.94. The summed E-state index contributed by atoms with van der Waals surface area (Å²) in [6, 6.07) is 5.02. The predicted octanol–water partition coefficient (Wildman–Crippen LogP) is 1.33. The van der Waals surface area contributed by atoms with Crippen LogP contribution in [0.15, 0.2) is 24.3 Å². The fraction of sp³-hybridized carbons (Fsp3) is 0.467. The van der Waals surface area contributed by atoms with Gasteiger partial charge in [0.05, 0.1) is 11.0 Å². The Hall–Kier alpha value is -2.68. The van der Waals surface area contributed by atoms with E-state index in [0.717, 1.165) is 19.4 Å². The van der Waals surface area contributed by atoms with Gasteiger partial charge in [0.15, 0.2) is 0 Å². The number of urea groups is 1. The van der Waals surface area contributed by atoms with E-state index in [2.05, 4.69) is 10.6 Å². The summed E-state index contributed by atoms with van der Waals surface area (Å²) in [7, 11) is 0. The van der Waals surface area contributed by atoms with Gasteiger partial charge in [-0.05, 0) is 31.9 Å². The van der Waals surface area contributed by atoms with E-state index in [4.69, 9.17) is 0 Å². The number of carbonyl (C=O) groups is 2. The van der Waals surface area contributed by atoms with Crippen molar-refractivity contribution in [3.63, 3.8) is 0 Å². The minimum Gasteiger partial charge on any atom is -0.306 e. The summed E-state index contributed by atoms with van der Waals surface area (Å²) in [5, 5.41) is 19.4. The molecule has 1 atom stereocenters. The maximum Gasteiger partial charge on any atom is 0.340 e. The first kappa shape index (κ1) is 16.2. The van der Waals surface area contributed by atoms with Crippen LogP contribution < -0.4 is 10.6 Å². The molecule has 0 aromatic heterocycles. The van der Waals surface area contributed by atoms with E-state index in [1.54, 1.807) is 6.07 Å². The zero-order chi connectivity index (χ0) is 17.1. The molecule has 2 saturated heterocycles. The number of hydrogen-bond donors (Lipinski definition) is 2. The molecule has 2 aliphatic heterocycles. The van der Waals surface area contributed by atoms with Gasteiger partial charge in [-0.15, -0.1) is 0 Å². The molecule has 2 heterocycles. The summed E-state index contributed by atoms with van der Waals surface area (Å²) < 4.78 is 0. The Kier molecular flexibility index (Phi) is 4.61. The van der Waals surface area contributed by atoms with Crippen LogP contribution in [0, 0.1) is 10.1 Å². The minimum atomic E-state index is -0.521. The van der Waals surface area contributed by atoms with Crippen LogP contribution in [0.1, 0.15) is 19.3 Å². The molecule has 2 fully saturated rings. The first-order chi connectivity index (χ1) is 11.6. The molecule has 3 amide bonds. The Bertz CT molecular complexity index is 659. The molecule has 2 aliphatic rings. The van der Waals surface area contributed by atoms with Gasteiger partial charge >= 0.3 is 6.03 Å². The van der Waals surface area contributed by atoms with Gasteiger partial charge in [-0.3, -0.25) is 14.9 Å². The van der Waals surface area contributed by atoms with Crippen molar-refractivity contribution in [3.8, 4) is 0 Å². The largest absolute Gasteiger partial charge is 0.340 e. The number of nitro benzene ring substituents is 1. The fourth-order valence-electron chi connectivity index (χ4n) is 3.01. The van der Waals surface area contributed by atoms with Crippen LogP contribution in [-0.4, -0.2) is 52.6 Å². The van der Waals surface area contributed by atoms with Crippen LogP contribution in [0.4, 0.5) is 16.2 Å². The first-order valence-corrected chi connectivity index (χ1v) is 7.94. The smallest absolute Gasteiger partial charge is 0.306 e. The van der Waals surface area contributed by atoms with Gasteiger partial charge in [0.1, 0.15) is 0 Å². The van der Waals surface area contributed by atoms with Gasteiger partial charge in [0, 0.05) is 30.9 Å². The summed E-state index contributed by atoms with van der Waals surface area (Å²) in [6.07, 6.45) is 2.43. The zero-order valence-corrected chi connectivity index (χ0v) is 13.1. The highest BCUT2D eigenvalue weighted by Gasteiger charge is 2.35. The molecule has 1 aromatic rings. The third kappa shape index (κ3) is 3.30. The van der Waals surface area contributed by atoms with Gasteiger partial charge in [-0.25, -0.2) is 14.8 Å². The summed E-state index contributed by atoms with van der Waals surface area (Å²) in [5.41, 5.74) is 0.227. The van der Waals surface area contributed by atoms with Crippen LogP contribution in [0.3, 0.4) is 0 Å². The summed E-state index contributed by atoms with van der Waals surface area (Å²) >= 11 is 0. The molecule has 9 nitrogen and oxygen atoms in total. The molecule has 0 unspecified atom stereocenters. The predicted molar refractivity (Wildman–Crippen MR) is 86.2 cm³/mol. The average Bonchev–Trinajstić information content (AvgIpc) is 3.26. The van der Waals surface area contributed by atoms with E-state index in [0.29, 0.717) is 25.2 Å². The van der Waals surface area contributed by atoms with Gasteiger partial charge in [-0.1, -0.05) is 6.07 Å². The number of nitro groups is 1. The second-order valence-corrected chi connectivity index (χ2v) is 5.82. The molecular formula is C15H19N5O4. The normalized spacial score (nSPS) is 20.2. The van der Waals surface area contributed by atoms with Crippen LogP contribution in [0.2, 0.25) is 0 Å². The number of carbonyl (C=O) groups excluding carboxylic acids is 2. The number of benzene rings is 1. The number of anilines is 1. The number of rotatable bonds is 3. The zero-order valence-electron chi connectivity index (χ0n) is 13.1. The lowest BCUT2D eigenvalue weighted by Gasteiger charge is -2.30. The highest BCUT2D eigenvalue weighted by molar-refractivity contribution is 5.92. The van der Waals surface area contributed by atoms with Crippen LogP contribution in [-0.2, 0) is 4.79 Å². The van der Waals surface area contributed by atoms with Crippen molar-refractivity contribution in [2.45, 2.75) is 25.3 Å². The number of nitrogens with zero attached hydrogens (tertiary/aromatic N) is 3. The number of non-ortho nitro benzene ring substituents is 1. The molecule has 0 bridgehead atoms. The van der Waals surface area contributed by atoms with Crippen molar-refractivity contribution < 1.29 is 14.5 Å². The maximum absolute atomic E-state index is 12.5. The highest BCUT2D eigenvalue weighted by atomic mass is 16.6. The standard InChI is InChI=1S/C15H19N5O4/c21-14(13-6-2-7-16-13)18-8-3-9-19(18)15(22)17-11-4-1-5-12(10-11)20(23)24/h1,4-5,10,13,16H,2-3,6-9H2,(H,17,22)/t13-/m0/s1. The van der Waals surface area contributed by atoms with Crippen molar-refractivity contribution in [1.29, 1.82) is 0 Å². The summed E-state index contributed by atoms with van der Waals surface area (Å²) in [4.78, 5) is 35.3. The Morgan fingerprint density at radius 1 is 1.25 bits per heavy atom. The molecule has 128 valence electrons. The lowest BCUT2D eigenvalue weighted by molar-refractivity contribution is -0.384. The highest BCUT2D eigenvalue weighted by Crippen LogP contribution is 2.20. The molecule has 0 saturated carbocycles. The molecule has 9 heteroatoms. The number of amides is 3. The Labute approximate surface area is 138 Å². The monoisotopic (exact) mass is 333 g/mol. The van der Waals surface area contributed by atoms with Crippen LogP contribution >= 0.6 is 0 Å². The van der Waals surface area contributed by atoms with Crippen molar-refractivity contribution >= 4 is 23.3 Å². The Balaban J connectivity index is 1.68. The Morgan fingerprint density at radius 3 is 2.75 bits per heavy atom. The van der Waals surface area contributed by atoms with E-state index >= 15 is 0 Å². The second kappa shape index (κ2) is 6.83. The SMILES string of the molecule is O=C(Nc1cccc([N+](=O)[O-])c1)N1CCCN1C(=O)[C@@H]1CCCN1. The van der Waals surface area contributed by atoms with Gasteiger partial charge in [-0.2, -0.15) is 0 Å². The molecule has 2 N–H and O–H groups in total. The molecule has 1 aromatic carbocycles. The summed E-state index contributed by atoms with van der Waals surface area (Å²) in [5.74, 6) is -0.0980. The molecule has 3 rings (SSSR count). The third-order valence-electron chi connectivity index (χ3n) is 4.19. The fourth-order valence-corrected chi connectivity index (χ4v) is 3.01. The van der Waals surface area contributed by atoms with Crippen LogP contribution in [0.5, 0.6) is 0 Å². The van der Waals surface area contributed by atoms with E-state index in [1.807, 2.05) is 0 Å². The van der Waals surface area contributed by atoms with E-state index in [1.165, 1.54) is 28.2 Å².